The second-order valence-corrected chi connectivity index (χ2v) is 9.68. The van der Waals surface area contributed by atoms with Crippen LogP contribution in [0.1, 0.15) is 58.8 Å². The van der Waals surface area contributed by atoms with Gasteiger partial charge in [0.05, 0.1) is 6.10 Å². The lowest BCUT2D eigenvalue weighted by atomic mass is 9.49. The van der Waals surface area contributed by atoms with Crippen LogP contribution >= 0.6 is 11.6 Å². The van der Waals surface area contributed by atoms with E-state index < -0.39 is 5.60 Å². The maximum Gasteiger partial charge on any atom is 0.304 e. The van der Waals surface area contributed by atoms with Gasteiger partial charge in [0, 0.05) is 23.3 Å². The second-order valence-electron chi connectivity index (χ2n) is 9.19. The van der Waals surface area contributed by atoms with Crippen molar-refractivity contribution in [3.05, 3.63) is 11.1 Å². The van der Waals surface area contributed by atoms with Crippen LogP contribution in [0.4, 0.5) is 0 Å². The number of esters is 1. The Labute approximate surface area is 161 Å². The zero-order valence-corrected chi connectivity index (χ0v) is 16.5. The predicted molar refractivity (Wildman–Crippen MR) is 101 cm³/mol. The van der Waals surface area contributed by atoms with E-state index in [9.17, 15) is 9.90 Å². The number of aliphatic hydroxyl groups excluding tert-OH is 1. The number of allylic oxidation sites excluding steroid dienone is 1. The van der Waals surface area contributed by atoms with E-state index in [1.165, 1.54) is 6.92 Å². The van der Waals surface area contributed by atoms with Gasteiger partial charge in [-0.1, -0.05) is 30.5 Å². The van der Waals surface area contributed by atoms with E-state index in [4.69, 9.17) is 22.8 Å². The standard InChI is InChI=1S/C22H29ClO3/c1-4-22(26-13(2)24)10-8-19-17-12-20(25)18-11-14(23)5-6-15(18)16(17)7-9-21(19,22)3/h1,11,15-20,25H,5-10,12H2,2-3H3/t15?,16?,17?,18?,19?,20?,21-,22?/m0/s1. The molecule has 0 aliphatic heterocycles. The summed E-state index contributed by atoms with van der Waals surface area (Å²) < 4.78 is 5.78. The monoisotopic (exact) mass is 376 g/mol. The Balaban J connectivity index is 1.65. The van der Waals surface area contributed by atoms with Crippen molar-refractivity contribution in [2.75, 3.05) is 0 Å². The number of fused-ring (bicyclic) bond motifs is 5. The number of hydrogen-bond donors (Lipinski definition) is 1. The summed E-state index contributed by atoms with van der Waals surface area (Å²) in [5, 5.41) is 11.8. The Morgan fingerprint density at radius 2 is 2.08 bits per heavy atom. The van der Waals surface area contributed by atoms with Crippen LogP contribution < -0.4 is 0 Å². The first kappa shape index (κ1) is 18.4. The molecule has 0 aromatic rings. The van der Waals surface area contributed by atoms with E-state index in [-0.39, 0.29) is 23.4 Å². The van der Waals surface area contributed by atoms with Crippen molar-refractivity contribution in [3.8, 4) is 12.3 Å². The molecule has 4 rings (SSSR count). The highest BCUT2D eigenvalue weighted by Crippen LogP contribution is 2.66. The van der Waals surface area contributed by atoms with Crippen LogP contribution in [-0.4, -0.2) is 22.8 Å². The first-order chi connectivity index (χ1) is 12.3. The van der Waals surface area contributed by atoms with Crippen molar-refractivity contribution in [2.24, 2.45) is 35.0 Å². The number of rotatable bonds is 1. The van der Waals surface area contributed by atoms with Crippen molar-refractivity contribution in [2.45, 2.75) is 70.5 Å². The van der Waals surface area contributed by atoms with Crippen LogP contribution in [0.5, 0.6) is 0 Å². The molecular formula is C22H29ClO3. The maximum absolute atomic E-state index is 11.8. The molecule has 0 aromatic heterocycles. The average molecular weight is 377 g/mol. The lowest BCUT2D eigenvalue weighted by Gasteiger charge is -2.57. The van der Waals surface area contributed by atoms with E-state index >= 15 is 0 Å². The summed E-state index contributed by atoms with van der Waals surface area (Å²) in [5.74, 6) is 4.81. The predicted octanol–water partition coefficient (Wildman–Crippen LogP) is 4.28. The fourth-order valence-corrected chi connectivity index (χ4v) is 7.36. The number of hydrogen-bond acceptors (Lipinski definition) is 3. The molecule has 7 unspecified atom stereocenters. The van der Waals surface area contributed by atoms with Crippen molar-refractivity contribution in [3.63, 3.8) is 0 Å². The van der Waals surface area contributed by atoms with Crippen LogP contribution in [-0.2, 0) is 9.53 Å². The van der Waals surface area contributed by atoms with Gasteiger partial charge < -0.3 is 9.84 Å². The minimum atomic E-state index is -0.786. The van der Waals surface area contributed by atoms with Crippen LogP contribution in [0.3, 0.4) is 0 Å². The van der Waals surface area contributed by atoms with Crippen LogP contribution in [0.2, 0.25) is 0 Å². The van der Waals surface area contributed by atoms with Crippen molar-refractivity contribution >= 4 is 17.6 Å². The van der Waals surface area contributed by atoms with Gasteiger partial charge in [-0.3, -0.25) is 4.79 Å². The molecule has 3 nitrogen and oxygen atoms in total. The average Bonchev–Trinajstić information content (AvgIpc) is 2.88. The molecule has 8 atom stereocenters. The molecule has 3 saturated carbocycles. The highest BCUT2D eigenvalue weighted by Gasteiger charge is 2.65. The Morgan fingerprint density at radius 1 is 1.31 bits per heavy atom. The van der Waals surface area contributed by atoms with E-state index in [2.05, 4.69) is 18.9 Å². The van der Waals surface area contributed by atoms with Gasteiger partial charge in [0.1, 0.15) is 0 Å². The van der Waals surface area contributed by atoms with Crippen molar-refractivity contribution in [1.29, 1.82) is 0 Å². The van der Waals surface area contributed by atoms with E-state index in [0.29, 0.717) is 23.7 Å². The molecule has 0 heterocycles. The maximum atomic E-state index is 11.8. The summed E-state index contributed by atoms with van der Waals surface area (Å²) >= 11 is 6.27. The topological polar surface area (TPSA) is 46.5 Å². The molecule has 0 saturated heterocycles. The Morgan fingerprint density at radius 3 is 2.77 bits per heavy atom. The molecule has 4 aliphatic rings. The van der Waals surface area contributed by atoms with Crippen molar-refractivity contribution < 1.29 is 14.6 Å². The zero-order valence-electron chi connectivity index (χ0n) is 15.7. The van der Waals surface area contributed by atoms with Crippen LogP contribution in [0.25, 0.3) is 0 Å². The number of ether oxygens (including phenoxy) is 1. The summed E-state index contributed by atoms with van der Waals surface area (Å²) in [7, 11) is 0. The molecule has 4 aliphatic carbocycles. The SMILES string of the molecule is C#CC1(OC(C)=O)CCC2C3CC(O)C4C=C(Cl)CCC4C3CC[C@@]21C. The molecule has 0 radical (unpaired) electrons. The van der Waals surface area contributed by atoms with Crippen LogP contribution in [0.15, 0.2) is 11.1 Å². The molecule has 0 amide bonds. The number of carbonyl (C=O) groups is 1. The molecule has 26 heavy (non-hydrogen) atoms. The molecular weight excluding hydrogens is 348 g/mol. The number of aliphatic hydroxyl groups is 1. The van der Waals surface area contributed by atoms with Gasteiger partial charge in [-0.25, -0.2) is 0 Å². The molecule has 3 fully saturated rings. The fourth-order valence-electron chi connectivity index (χ4n) is 7.11. The molecule has 142 valence electrons. The third-order valence-corrected chi connectivity index (χ3v) is 8.57. The largest absolute Gasteiger partial charge is 0.445 e. The quantitative estimate of drug-likeness (QED) is 0.549. The molecule has 0 bridgehead atoms. The highest BCUT2D eigenvalue weighted by atomic mass is 35.5. The van der Waals surface area contributed by atoms with E-state index in [0.717, 1.165) is 50.0 Å². The fraction of sp³-hybridized carbons (Fsp3) is 0.773. The number of halogens is 1. The van der Waals surface area contributed by atoms with Crippen molar-refractivity contribution in [1.82, 2.24) is 0 Å². The zero-order chi connectivity index (χ0) is 18.7. The molecule has 0 spiro atoms. The summed E-state index contributed by atoms with van der Waals surface area (Å²) in [6.45, 7) is 3.67. The Kier molecular flexibility index (Phi) is 4.44. The van der Waals surface area contributed by atoms with Gasteiger partial charge in [0.2, 0.25) is 0 Å². The highest BCUT2D eigenvalue weighted by molar-refractivity contribution is 6.29. The minimum Gasteiger partial charge on any atom is -0.445 e. The lowest BCUT2D eigenvalue weighted by Crippen LogP contribution is -2.56. The molecule has 0 aromatic carbocycles. The van der Waals surface area contributed by atoms with Gasteiger partial charge in [-0.2, -0.15) is 0 Å². The third-order valence-electron chi connectivity index (χ3n) is 8.26. The number of terminal acetylenes is 1. The normalized spacial score (nSPS) is 49.9. The minimum absolute atomic E-state index is 0.191. The Hall–Kier alpha value is -0.980. The van der Waals surface area contributed by atoms with Gasteiger partial charge in [0.25, 0.3) is 0 Å². The summed E-state index contributed by atoms with van der Waals surface area (Å²) in [6, 6.07) is 0. The van der Waals surface area contributed by atoms with Gasteiger partial charge in [-0.15, -0.1) is 6.42 Å². The second kappa shape index (κ2) is 6.28. The first-order valence-electron chi connectivity index (χ1n) is 10.0. The third kappa shape index (κ3) is 2.49. The van der Waals surface area contributed by atoms with E-state index in [1.54, 1.807) is 0 Å². The van der Waals surface area contributed by atoms with Gasteiger partial charge in [0.15, 0.2) is 5.60 Å². The summed E-state index contributed by atoms with van der Waals surface area (Å²) in [6.07, 6.45) is 14.3. The molecule has 1 N–H and O–H groups in total. The van der Waals surface area contributed by atoms with Gasteiger partial charge in [-0.05, 0) is 68.6 Å². The summed E-state index contributed by atoms with van der Waals surface area (Å²) in [5.41, 5.74) is -0.977. The first-order valence-corrected chi connectivity index (χ1v) is 10.4. The Bertz CT molecular complexity index is 679. The van der Waals surface area contributed by atoms with E-state index in [1.807, 2.05) is 0 Å². The van der Waals surface area contributed by atoms with Crippen LogP contribution in [0, 0.1) is 47.3 Å². The summed E-state index contributed by atoms with van der Waals surface area (Å²) in [4.78, 5) is 11.8. The molecule has 4 heteroatoms. The lowest BCUT2D eigenvalue weighted by molar-refractivity contribution is -0.171. The smallest absolute Gasteiger partial charge is 0.304 e. The van der Waals surface area contributed by atoms with Gasteiger partial charge >= 0.3 is 5.97 Å². The number of carbonyl (C=O) groups excluding carboxylic acids is 1.